The van der Waals surface area contributed by atoms with E-state index in [9.17, 15) is 19.8 Å². The number of aliphatic hydroxyl groups is 1. The third-order valence-electron chi connectivity index (χ3n) is 11.5. The number of hydrogen-bond acceptors (Lipinski definition) is 12. The number of aromatic amines is 1. The smallest absolute Gasteiger partial charge is 0.329 e. The van der Waals surface area contributed by atoms with Crippen LogP contribution in [-0.2, 0) is 27.2 Å². The highest BCUT2D eigenvalue weighted by molar-refractivity contribution is 7.98. The Balaban J connectivity index is 1.19. The van der Waals surface area contributed by atoms with E-state index in [1.54, 1.807) is 0 Å². The van der Waals surface area contributed by atoms with Gasteiger partial charge < -0.3 is 44.2 Å². The van der Waals surface area contributed by atoms with Crippen LogP contribution in [0.5, 0.6) is 28.7 Å². The van der Waals surface area contributed by atoms with Crippen molar-refractivity contribution in [3.8, 4) is 28.7 Å². The Kier molecular flexibility index (Phi) is 8.31. The zero-order chi connectivity index (χ0) is 36.9. The number of fused-ring (bicyclic) bond motifs is 12. The molecule has 53 heavy (non-hydrogen) atoms. The van der Waals surface area contributed by atoms with E-state index in [2.05, 4.69) is 16.4 Å². The fraction of sp³-hybridized carbons (Fsp3) is 0.436. The molecule has 0 aliphatic carbocycles. The van der Waals surface area contributed by atoms with Crippen molar-refractivity contribution in [2.45, 2.75) is 75.3 Å². The fourth-order valence-electron chi connectivity index (χ4n) is 9.44. The van der Waals surface area contributed by atoms with Crippen LogP contribution >= 0.6 is 11.8 Å². The number of piperazine rings is 1. The number of para-hydroxylation sites is 1. The monoisotopic (exact) mass is 741 g/mol. The second-order valence-electron chi connectivity index (χ2n) is 14.3. The van der Waals surface area contributed by atoms with Crippen LogP contribution in [0.2, 0.25) is 0 Å². The number of benzene rings is 3. The molecule has 7 atom stereocenters. The lowest BCUT2D eigenvalue weighted by Gasteiger charge is -2.65. The van der Waals surface area contributed by atoms with Crippen molar-refractivity contribution in [2.75, 3.05) is 33.3 Å². The number of thioether (sulfide) groups is 1. The van der Waals surface area contributed by atoms with Gasteiger partial charge in [0, 0.05) is 58.0 Å². The lowest BCUT2D eigenvalue weighted by atomic mass is 9.74. The van der Waals surface area contributed by atoms with Gasteiger partial charge >= 0.3 is 11.9 Å². The van der Waals surface area contributed by atoms with E-state index in [0.717, 1.165) is 39.7 Å². The quantitative estimate of drug-likeness (QED) is 0.153. The van der Waals surface area contributed by atoms with Crippen LogP contribution in [0.15, 0.2) is 30.3 Å². The van der Waals surface area contributed by atoms with Crippen LogP contribution in [0.4, 0.5) is 0 Å². The number of aromatic hydroxyl groups is 1. The van der Waals surface area contributed by atoms with Gasteiger partial charge in [-0.15, -0.1) is 0 Å². The molecule has 14 heteroatoms. The molecule has 1 fully saturated rings. The lowest BCUT2D eigenvalue weighted by molar-refractivity contribution is -0.155. The SMILES string of the molecule is COc1c(C)cc2c(c1O)[C@H]1[N-][C@@H](C2)[C@H](O)N2C1[C@H](SC)c1c(OC(C)=O)c(C)c3c(c1[C@@H]2COC(=O)[C@@H]1NCCc2c1[nH]c1ccccc21)OCO3. The second kappa shape index (κ2) is 12.8. The molecule has 5 aliphatic heterocycles. The zero-order valence-electron chi connectivity index (χ0n) is 30.0. The van der Waals surface area contributed by atoms with Gasteiger partial charge in [-0.2, -0.15) is 11.8 Å². The van der Waals surface area contributed by atoms with Crippen molar-refractivity contribution in [1.29, 1.82) is 0 Å². The Morgan fingerprint density at radius 3 is 2.68 bits per heavy atom. The molecule has 1 aromatic heterocycles. The second-order valence-corrected chi connectivity index (χ2v) is 15.3. The van der Waals surface area contributed by atoms with Gasteiger partial charge in [0.2, 0.25) is 6.79 Å². The van der Waals surface area contributed by atoms with Gasteiger partial charge in [-0.3, -0.25) is 15.0 Å². The predicted molar refractivity (Wildman–Crippen MR) is 196 cm³/mol. The topological polar surface area (TPSA) is 166 Å². The first kappa shape index (κ1) is 34.3. The van der Waals surface area contributed by atoms with Gasteiger partial charge in [0.15, 0.2) is 23.0 Å². The standard InChI is InChI=1S/C39H41N4O9S/c1-16-12-19-13-23-38(46)43-24(14-49-39(47)30-28-21(10-11-40-30)20-8-6-7-9-22(20)41-28)26-27(34(52-18(3)44)17(2)35-36(26)51-15-50-35)37(53-5)31(43)29(42-23)25(19)32(45)33(16)48-4/h6-9,12,23-24,29-31,37-38,40-41,45-46H,10-11,13-15H2,1-5H3/q-1/t23-,24-,29+,30+,31?,37+,38-/m0/s1. The average Bonchev–Trinajstić information content (AvgIpc) is 3.79. The van der Waals surface area contributed by atoms with Gasteiger partial charge in [0.25, 0.3) is 0 Å². The first-order chi connectivity index (χ1) is 25.6. The van der Waals surface area contributed by atoms with E-state index in [4.69, 9.17) is 29.0 Å². The van der Waals surface area contributed by atoms with E-state index >= 15 is 0 Å². The van der Waals surface area contributed by atoms with Crippen LogP contribution in [0.25, 0.3) is 16.2 Å². The number of phenolic OH excluding ortho intramolecular Hbond substituents is 1. The molecule has 5 aliphatic rings. The molecule has 3 aromatic carbocycles. The van der Waals surface area contributed by atoms with Gasteiger partial charge in [0.1, 0.15) is 18.4 Å². The molecule has 0 radical (unpaired) electrons. The first-order valence-electron chi connectivity index (χ1n) is 17.8. The summed E-state index contributed by atoms with van der Waals surface area (Å²) in [4.78, 5) is 32.3. The summed E-state index contributed by atoms with van der Waals surface area (Å²) >= 11 is 1.52. The summed E-state index contributed by atoms with van der Waals surface area (Å²) in [6.07, 6.45) is 2.01. The van der Waals surface area contributed by atoms with Crippen LogP contribution in [0.3, 0.4) is 0 Å². The Labute approximate surface area is 310 Å². The average molecular weight is 742 g/mol. The molecule has 278 valence electrons. The Morgan fingerprint density at radius 2 is 1.91 bits per heavy atom. The maximum atomic E-state index is 14.2. The molecule has 1 saturated heterocycles. The number of nitrogens with one attached hydrogen (secondary N) is 2. The fourth-order valence-corrected chi connectivity index (χ4v) is 10.5. The van der Waals surface area contributed by atoms with Gasteiger partial charge in [-0.25, -0.2) is 4.79 Å². The van der Waals surface area contributed by atoms with E-state index in [1.165, 1.54) is 25.8 Å². The van der Waals surface area contributed by atoms with E-state index in [-0.39, 0.29) is 19.1 Å². The number of esters is 2. The Hall–Kier alpha value is -4.47. The predicted octanol–water partition coefficient (Wildman–Crippen LogP) is 5.08. The molecule has 2 bridgehead atoms. The normalized spacial score (nSPS) is 26.6. The highest BCUT2D eigenvalue weighted by Crippen LogP contribution is 2.64. The van der Waals surface area contributed by atoms with Crippen molar-refractivity contribution in [1.82, 2.24) is 15.2 Å². The van der Waals surface area contributed by atoms with Crippen LogP contribution < -0.4 is 24.3 Å². The molecule has 1 unspecified atom stereocenters. The number of carbonyl (C=O) groups excluding carboxylic acids is 2. The lowest BCUT2D eigenvalue weighted by Crippen LogP contribution is -2.62. The number of hydrogen-bond donors (Lipinski definition) is 4. The van der Waals surface area contributed by atoms with Gasteiger partial charge in [-0.05, 0) is 61.3 Å². The van der Waals surface area contributed by atoms with Gasteiger partial charge in [-0.1, -0.05) is 36.3 Å². The summed E-state index contributed by atoms with van der Waals surface area (Å²) in [6, 6.07) is 6.75. The number of carbonyl (C=O) groups is 2. The van der Waals surface area contributed by atoms with E-state index in [0.29, 0.717) is 58.2 Å². The van der Waals surface area contributed by atoms with E-state index in [1.807, 2.05) is 49.3 Å². The highest BCUT2D eigenvalue weighted by atomic mass is 32.2. The largest absolute Gasteiger partial charge is 0.648 e. The number of phenols is 1. The van der Waals surface area contributed by atoms with Crippen molar-refractivity contribution < 1.29 is 43.5 Å². The summed E-state index contributed by atoms with van der Waals surface area (Å²) in [5, 5.41) is 33.2. The molecule has 13 nitrogen and oxygen atoms in total. The van der Waals surface area contributed by atoms with Crippen LogP contribution in [0.1, 0.15) is 74.9 Å². The minimum atomic E-state index is -1.09. The van der Waals surface area contributed by atoms with Crippen LogP contribution in [-0.4, -0.2) is 83.7 Å². The molecular weight excluding hydrogens is 701 g/mol. The number of rotatable bonds is 6. The molecule has 0 amide bonds. The summed E-state index contributed by atoms with van der Waals surface area (Å²) in [6.45, 7) is 5.44. The molecule has 4 aromatic rings. The van der Waals surface area contributed by atoms with E-state index < -0.39 is 53.6 Å². The number of methoxy groups -OCH3 is 1. The minimum absolute atomic E-state index is 0.0132. The number of aryl methyl sites for hydroxylation is 1. The molecule has 6 heterocycles. The molecule has 0 saturated carbocycles. The maximum Gasteiger partial charge on any atom is 0.329 e. The Bertz CT molecular complexity index is 2190. The summed E-state index contributed by atoms with van der Waals surface area (Å²) < 4.78 is 30.1. The van der Waals surface area contributed by atoms with Crippen molar-refractivity contribution in [2.24, 2.45) is 0 Å². The van der Waals surface area contributed by atoms with Gasteiger partial charge in [0.05, 0.1) is 19.4 Å². The molecule has 4 N–H and O–H groups in total. The minimum Gasteiger partial charge on any atom is -0.648 e. The highest BCUT2D eigenvalue weighted by Gasteiger charge is 2.54. The summed E-state index contributed by atoms with van der Waals surface area (Å²) in [7, 11) is 1.52. The molecule has 9 rings (SSSR count). The molecule has 0 spiro atoms. The van der Waals surface area contributed by atoms with Crippen LogP contribution in [0, 0.1) is 13.8 Å². The Morgan fingerprint density at radius 1 is 1.11 bits per heavy atom. The third-order valence-corrected chi connectivity index (χ3v) is 12.5. The number of aliphatic hydroxyl groups excluding tert-OH is 1. The zero-order valence-corrected chi connectivity index (χ0v) is 30.8. The van der Waals surface area contributed by atoms with Crippen molar-refractivity contribution >= 4 is 34.6 Å². The summed E-state index contributed by atoms with van der Waals surface area (Å²) in [5.74, 6) is 0.636. The maximum absolute atomic E-state index is 14.2. The number of ether oxygens (including phenoxy) is 5. The number of aromatic nitrogens is 1. The number of H-pyrrole nitrogens is 1. The number of nitrogens with zero attached hydrogens (tertiary/aromatic N) is 2. The first-order valence-corrected chi connectivity index (χ1v) is 19.1. The summed E-state index contributed by atoms with van der Waals surface area (Å²) in [5.41, 5.74) is 7.02. The third kappa shape index (κ3) is 5.06. The van der Waals surface area contributed by atoms with Crippen molar-refractivity contribution in [3.63, 3.8) is 0 Å². The van der Waals surface area contributed by atoms with Crippen molar-refractivity contribution in [3.05, 3.63) is 80.3 Å². The molecular formula is C39H41N4O9S-.